The van der Waals surface area contributed by atoms with Crippen molar-refractivity contribution in [1.29, 1.82) is 0 Å². The summed E-state index contributed by atoms with van der Waals surface area (Å²) >= 11 is 11.6. The fourth-order valence-corrected chi connectivity index (χ4v) is 2.27. The first kappa shape index (κ1) is 13.6. The fraction of sp³-hybridized carbons (Fsp3) is 0.462. The predicted octanol–water partition coefficient (Wildman–Crippen LogP) is 3.60. The molecule has 0 spiro atoms. The molecule has 2 nitrogen and oxygen atoms in total. The van der Waals surface area contributed by atoms with Crippen LogP contribution in [-0.4, -0.2) is 22.7 Å². The van der Waals surface area contributed by atoms with Crippen LogP contribution in [0.15, 0.2) is 18.2 Å². The lowest BCUT2D eigenvalue weighted by Crippen LogP contribution is -2.33. The summed E-state index contributed by atoms with van der Waals surface area (Å²) in [5, 5.41) is 0.360. The Balaban J connectivity index is 2.16. The first-order valence-electron chi connectivity index (χ1n) is 5.92. The molecule has 0 heterocycles. The number of amides is 1. The van der Waals surface area contributed by atoms with E-state index < -0.39 is 0 Å². The van der Waals surface area contributed by atoms with Crippen molar-refractivity contribution in [3.05, 3.63) is 34.6 Å². The van der Waals surface area contributed by atoms with Crippen LogP contribution in [0.2, 0.25) is 5.02 Å². The van der Waals surface area contributed by atoms with Crippen molar-refractivity contribution >= 4 is 29.1 Å². The molecule has 0 saturated heterocycles. The Bertz CT molecular complexity index is 428. The molecule has 2 rings (SSSR count). The zero-order chi connectivity index (χ0) is 13.1. The van der Waals surface area contributed by atoms with Crippen molar-refractivity contribution in [2.24, 2.45) is 0 Å². The molecule has 98 valence electrons. The van der Waals surface area contributed by atoms with Gasteiger partial charge in [0.1, 0.15) is 5.82 Å². The molecule has 5 heteroatoms. The minimum absolute atomic E-state index is 0.0354. The maximum Gasteiger partial charge on any atom is 0.224 e. The van der Waals surface area contributed by atoms with E-state index in [4.69, 9.17) is 23.2 Å². The highest BCUT2D eigenvalue weighted by atomic mass is 35.5. The van der Waals surface area contributed by atoms with Crippen LogP contribution in [0, 0.1) is 5.82 Å². The summed E-state index contributed by atoms with van der Waals surface area (Å²) in [6.45, 7) is 0.228. The van der Waals surface area contributed by atoms with Gasteiger partial charge < -0.3 is 4.90 Å². The van der Waals surface area contributed by atoms with Crippen LogP contribution in [0.4, 0.5) is 4.39 Å². The van der Waals surface area contributed by atoms with Crippen molar-refractivity contribution in [3.8, 4) is 0 Å². The Labute approximate surface area is 116 Å². The average molecular weight is 290 g/mol. The zero-order valence-corrected chi connectivity index (χ0v) is 11.3. The molecule has 1 aliphatic rings. The van der Waals surface area contributed by atoms with Crippen LogP contribution in [-0.2, 0) is 11.3 Å². The third-order valence-corrected chi connectivity index (χ3v) is 3.55. The number of alkyl halides is 1. The monoisotopic (exact) mass is 289 g/mol. The third kappa shape index (κ3) is 3.15. The smallest absolute Gasteiger partial charge is 0.224 e. The molecule has 1 aromatic rings. The maximum atomic E-state index is 13.7. The van der Waals surface area contributed by atoms with E-state index in [1.807, 2.05) is 0 Å². The van der Waals surface area contributed by atoms with Crippen molar-refractivity contribution in [2.75, 3.05) is 5.88 Å². The van der Waals surface area contributed by atoms with Gasteiger partial charge in [0.15, 0.2) is 0 Å². The van der Waals surface area contributed by atoms with Crippen molar-refractivity contribution in [2.45, 2.75) is 31.8 Å². The van der Waals surface area contributed by atoms with Gasteiger partial charge in [0.2, 0.25) is 5.91 Å². The molecule has 0 unspecified atom stereocenters. The molecule has 1 amide bonds. The molecule has 0 atom stereocenters. The molecule has 1 aliphatic carbocycles. The van der Waals surface area contributed by atoms with Gasteiger partial charge in [0, 0.05) is 28.9 Å². The minimum atomic E-state index is -0.369. The lowest BCUT2D eigenvalue weighted by molar-refractivity contribution is -0.132. The number of rotatable bonds is 5. The quantitative estimate of drug-likeness (QED) is 0.759. The van der Waals surface area contributed by atoms with Gasteiger partial charge in [-0.15, -0.1) is 11.6 Å². The topological polar surface area (TPSA) is 20.3 Å². The molecule has 0 aromatic heterocycles. The average Bonchev–Trinajstić information content (AvgIpc) is 3.13. The molecule has 18 heavy (non-hydrogen) atoms. The van der Waals surface area contributed by atoms with Crippen LogP contribution in [0.25, 0.3) is 0 Å². The maximum absolute atomic E-state index is 13.7. The molecular weight excluding hydrogens is 276 g/mol. The summed E-state index contributed by atoms with van der Waals surface area (Å²) in [5.41, 5.74) is 0.383. The Hall–Kier alpha value is -0.800. The van der Waals surface area contributed by atoms with Crippen molar-refractivity contribution in [3.63, 3.8) is 0 Å². The third-order valence-electron chi connectivity index (χ3n) is 3.01. The Morgan fingerprint density at radius 1 is 1.44 bits per heavy atom. The number of carbonyl (C=O) groups excluding carboxylic acids is 1. The Kier molecular flexibility index (Phi) is 4.46. The van der Waals surface area contributed by atoms with Gasteiger partial charge >= 0.3 is 0 Å². The van der Waals surface area contributed by atoms with Gasteiger partial charge in [-0.2, -0.15) is 0 Å². The van der Waals surface area contributed by atoms with E-state index in [9.17, 15) is 9.18 Å². The zero-order valence-electron chi connectivity index (χ0n) is 9.83. The van der Waals surface area contributed by atoms with Gasteiger partial charge in [-0.05, 0) is 25.0 Å². The van der Waals surface area contributed by atoms with Gasteiger partial charge in [-0.1, -0.05) is 17.7 Å². The molecule has 0 N–H and O–H groups in total. The number of carbonyl (C=O) groups is 1. The summed E-state index contributed by atoms with van der Waals surface area (Å²) < 4.78 is 13.7. The van der Waals surface area contributed by atoms with Crippen molar-refractivity contribution < 1.29 is 9.18 Å². The molecule has 0 radical (unpaired) electrons. The second-order valence-electron chi connectivity index (χ2n) is 4.39. The number of hydrogen-bond donors (Lipinski definition) is 0. The van der Waals surface area contributed by atoms with E-state index in [0.717, 1.165) is 12.8 Å². The van der Waals surface area contributed by atoms with Gasteiger partial charge in [0.05, 0.1) is 6.54 Å². The summed E-state index contributed by atoms with van der Waals surface area (Å²) in [7, 11) is 0. The first-order chi connectivity index (χ1) is 8.63. The fourth-order valence-electron chi connectivity index (χ4n) is 1.89. The van der Waals surface area contributed by atoms with E-state index in [1.54, 1.807) is 17.0 Å². The summed E-state index contributed by atoms with van der Waals surface area (Å²) in [4.78, 5) is 13.6. The summed E-state index contributed by atoms with van der Waals surface area (Å²) in [6, 6.07) is 4.77. The lowest BCUT2D eigenvalue weighted by atomic mass is 10.2. The van der Waals surface area contributed by atoms with Crippen molar-refractivity contribution in [1.82, 2.24) is 4.90 Å². The molecular formula is C13H14Cl2FNO. The second-order valence-corrected chi connectivity index (χ2v) is 5.18. The number of hydrogen-bond acceptors (Lipinski definition) is 1. The van der Waals surface area contributed by atoms with Gasteiger partial charge in [0.25, 0.3) is 0 Å². The van der Waals surface area contributed by atoms with E-state index in [2.05, 4.69) is 0 Å². The van der Waals surface area contributed by atoms with E-state index in [-0.39, 0.29) is 36.6 Å². The Morgan fingerprint density at radius 2 is 2.17 bits per heavy atom. The predicted molar refractivity (Wildman–Crippen MR) is 70.3 cm³/mol. The lowest BCUT2D eigenvalue weighted by Gasteiger charge is -2.23. The van der Waals surface area contributed by atoms with Gasteiger partial charge in [-0.3, -0.25) is 4.79 Å². The highest BCUT2D eigenvalue weighted by molar-refractivity contribution is 6.31. The number of benzene rings is 1. The minimum Gasteiger partial charge on any atom is -0.335 e. The van der Waals surface area contributed by atoms with E-state index in [1.165, 1.54) is 6.07 Å². The van der Waals surface area contributed by atoms with Crippen LogP contribution in [0.5, 0.6) is 0 Å². The van der Waals surface area contributed by atoms with E-state index in [0.29, 0.717) is 10.6 Å². The Morgan fingerprint density at radius 3 is 2.72 bits per heavy atom. The van der Waals surface area contributed by atoms with Crippen LogP contribution >= 0.6 is 23.2 Å². The number of halogens is 3. The highest BCUT2D eigenvalue weighted by Crippen LogP contribution is 2.31. The standard InChI is InChI=1S/C13H14Cl2FNO/c14-7-6-13(18)17(9-4-5-9)8-10-11(15)2-1-3-12(10)16/h1-3,9H,4-8H2. The van der Waals surface area contributed by atoms with E-state index >= 15 is 0 Å². The second kappa shape index (κ2) is 5.89. The SMILES string of the molecule is O=C(CCCl)N(Cc1c(F)cccc1Cl)C1CC1. The summed E-state index contributed by atoms with van der Waals surface area (Å²) in [5.74, 6) is -0.119. The molecule has 1 fully saturated rings. The normalized spacial score (nSPS) is 14.6. The van der Waals surface area contributed by atoms with Crippen LogP contribution in [0.1, 0.15) is 24.8 Å². The summed E-state index contributed by atoms with van der Waals surface area (Å²) in [6.07, 6.45) is 2.23. The molecule has 1 aromatic carbocycles. The highest BCUT2D eigenvalue weighted by Gasteiger charge is 2.32. The first-order valence-corrected chi connectivity index (χ1v) is 6.83. The molecule has 1 saturated carbocycles. The van der Waals surface area contributed by atoms with Gasteiger partial charge in [-0.25, -0.2) is 4.39 Å². The molecule has 0 bridgehead atoms. The van der Waals surface area contributed by atoms with Crippen LogP contribution < -0.4 is 0 Å². The largest absolute Gasteiger partial charge is 0.335 e. The number of nitrogens with zero attached hydrogens (tertiary/aromatic N) is 1. The molecule has 0 aliphatic heterocycles. The van der Waals surface area contributed by atoms with Crippen LogP contribution in [0.3, 0.4) is 0 Å².